The largest absolute Gasteiger partial charge is 0.383 e. The molecule has 2 saturated carbocycles. The van der Waals surface area contributed by atoms with E-state index in [1.807, 2.05) is 6.92 Å². The van der Waals surface area contributed by atoms with Gasteiger partial charge in [-0.15, -0.1) is 0 Å². The van der Waals surface area contributed by atoms with Gasteiger partial charge in [-0.2, -0.15) is 0 Å². The van der Waals surface area contributed by atoms with Crippen LogP contribution in [0, 0.1) is 18.8 Å². The van der Waals surface area contributed by atoms with Crippen LogP contribution >= 0.6 is 0 Å². The predicted molar refractivity (Wildman–Crippen MR) is 82.7 cm³/mol. The van der Waals surface area contributed by atoms with Gasteiger partial charge in [-0.3, -0.25) is 0 Å². The first-order chi connectivity index (χ1) is 9.54. The minimum Gasteiger partial charge on any atom is -0.383 e. The van der Waals surface area contributed by atoms with Crippen LogP contribution in [0.5, 0.6) is 0 Å². The lowest BCUT2D eigenvalue weighted by atomic mass is 9.80. The first kappa shape index (κ1) is 13.7. The Morgan fingerprint density at radius 3 is 2.50 bits per heavy atom. The smallest absolute Gasteiger partial charge is 0.136 e. The summed E-state index contributed by atoms with van der Waals surface area (Å²) in [6, 6.07) is 0.520. The second-order valence-corrected chi connectivity index (χ2v) is 6.86. The van der Waals surface area contributed by atoms with Gasteiger partial charge in [0.05, 0.1) is 0 Å². The highest BCUT2D eigenvalue weighted by molar-refractivity contribution is 5.55. The molecule has 2 aliphatic rings. The summed E-state index contributed by atoms with van der Waals surface area (Å²) in [4.78, 5) is 9.19. The number of rotatable bonds is 3. The molecule has 0 spiro atoms. The van der Waals surface area contributed by atoms with Crippen molar-refractivity contribution in [1.29, 1.82) is 0 Å². The maximum atomic E-state index is 6.06. The maximum Gasteiger partial charge on any atom is 0.136 e. The van der Waals surface area contributed by atoms with Gasteiger partial charge in [-0.05, 0) is 50.9 Å². The van der Waals surface area contributed by atoms with Crippen molar-refractivity contribution in [2.24, 2.45) is 11.8 Å². The molecule has 110 valence electrons. The Morgan fingerprint density at radius 1 is 1.10 bits per heavy atom. The lowest BCUT2D eigenvalue weighted by Crippen LogP contribution is -2.33. The fourth-order valence-electron chi connectivity index (χ4n) is 3.27. The van der Waals surface area contributed by atoms with Crippen LogP contribution in [0.1, 0.15) is 63.3 Å². The van der Waals surface area contributed by atoms with Gasteiger partial charge in [0.2, 0.25) is 0 Å². The van der Waals surface area contributed by atoms with Crippen LogP contribution in [0.4, 0.5) is 11.6 Å². The standard InChI is InChI=1S/C16H26N4/c1-9-4-7-13(10(2)8-9)18-15-11(3)14(17)19-16(20-15)12-5-6-12/h9-10,12-13H,4-8H2,1-3H3,(H3,17,18,19,20). The summed E-state index contributed by atoms with van der Waals surface area (Å²) in [6.45, 7) is 6.71. The molecular formula is C16H26N4. The van der Waals surface area contributed by atoms with Crippen molar-refractivity contribution in [3.63, 3.8) is 0 Å². The summed E-state index contributed by atoms with van der Waals surface area (Å²) in [5, 5.41) is 3.65. The molecule has 2 aliphatic carbocycles. The van der Waals surface area contributed by atoms with E-state index >= 15 is 0 Å². The molecule has 4 nitrogen and oxygen atoms in total. The minimum atomic E-state index is 0.520. The Bertz CT molecular complexity index is 495. The molecule has 1 aromatic rings. The molecule has 20 heavy (non-hydrogen) atoms. The molecule has 0 radical (unpaired) electrons. The van der Waals surface area contributed by atoms with Gasteiger partial charge < -0.3 is 11.1 Å². The molecule has 1 aromatic heterocycles. The zero-order valence-electron chi connectivity index (χ0n) is 12.8. The summed E-state index contributed by atoms with van der Waals surface area (Å²) < 4.78 is 0. The molecule has 0 aromatic carbocycles. The second-order valence-electron chi connectivity index (χ2n) is 6.86. The highest BCUT2D eigenvalue weighted by atomic mass is 15.1. The average molecular weight is 274 g/mol. The molecule has 0 amide bonds. The Kier molecular flexibility index (Phi) is 3.57. The topological polar surface area (TPSA) is 63.8 Å². The van der Waals surface area contributed by atoms with Crippen LogP contribution in [0.15, 0.2) is 0 Å². The van der Waals surface area contributed by atoms with E-state index in [9.17, 15) is 0 Å². The molecule has 2 fully saturated rings. The molecule has 0 aliphatic heterocycles. The van der Waals surface area contributed by atoms with E-state index in [4.69, 9.17) is 10.7 Å². The lowest BCUT2D eigenvalue weighted by Gasteiger charge is -2.34. The predicted octanol–water partition coefficient (Wildman–Crippen LogP) is 3.48. The first-order valence-corrected chi connectivity index (χ1v) is 7.95. The summed E-state index contributed by atoms with van der Waals surface area (Å²) in [6.07, 6.45) is 6.24. The SMILES string of the molecule is Cc1c(N)nc(C2CC2)nc1NC1CCC(C)CC1C. The van der Waals surface area contributed by atoms with Crippen molar-refractivity contribution in [2.75, 3.05) is 11.1 Å². The molecule has 3 rings (SSSR count). The van der Waals surface area contributed by atoms with Gasteiger partial charge >= 0.3 is 0 Å². The van der Waals surface area contributed by atoms with Gasteiger partial charge in [0, 0.05) is 17.5 Å². The first-order valence-electron chi connectivity index (χ1n) is 7.95. The van der Waals surface area contributed by atoms with Gasteiger partial charge in [-0.25, -0.2) is 9.97 Å². The zero-order valence-corrected chi connectivity index (χ0v) is 12.8. The van der Waals surface area contributed by atoms with Crippen LogP contribution in [0.25, 0.3) is 0 Å². The number of nitrogens with one attached hydrogen (secondary N) is 1. The van der Waals surface area contributed by atoms with Gasteiger partial charge in [-0.1, -0.05) is 13.8 Å². The molecule has 4 heteroatoms. The Hall–Kier alpha value is -1.32. The second kappa shape index (κ2) is 5.23. The fraction of sp³-hybridized carbons (Fsp3) is 0.750. The third-order valence-corrected chi connectivity index (χ3v) is 4.90. The van der Waals surface area contributed by atoms with Crippen LogP contribution in [-0.2, 0) is 0 Å². The number of nitrogens with two attached hydrogens (primary N) is 1. The van der Waals surface area contributed by atoms with Crippen molar-refractivity contribution in [1.82, 2.24) is 9.97 Å². The van der Waals surface area contributed by atoms with Crippen molar-refractivity contribution in [3.05, 3.63) is 11.4 Å². The molecule has 3 N–H and O–H groups in total. The van der Waals surface area contributed by atoms with E-state index in [1.165, 1.54) is 32.1 Å². The van der Waals surface area contributed by atoms with Crippen LogP contribution in [0.3, 0.4) is 0 Å². The highest BCUT2D eigenvalue weighted by Gasteiger charge is 2.29. The molecule has 0 bridgehead atoms. The normalized spacial score (nSPS) is 30.2. The van der Waals surface area contributed by atoms with Gasteiger partial charge in [0.15, 0.2) is 0 Å². The third kappa shape index (κ3) is 2.74. The van der Waals surface area contributed by atoms with E-state index in [2.05, 4.69) is 24.1 Å². The molecule has 1 heterocycles. The van der Waals surface area contributed by atoms with Crippen LogP contribution in [0.2, 0.25) is 0 Å². The Morgan fingerprint density at radius 2 is 1.85 bits per heavy atom. The summed E-state index contributed by atoms with van der Waals surface area (Å²) in [5.74, 6) is 4.63. The van der Waals surface area contributed by atoms with Crippen molar-refractivity contribution < 1.29 is 0 Å². The van der Waals surface area contributed by atoms with E-state index in [1.54, 1.807) is 0 Å². The van der Waals surface area contributed by atoms with E-state index < -0.39 is 0 Å². The third-order valence-electron chi connectivity index (χ3n) is 4.90. The van der Waals surface area contributed by atoms with E-state index in [-0.39, 0.29) is 0 Å². The minimum absolute atomic E-state index is 0.520. The number of hydrogen-bond acceptors (Lipinski definition) is 4. The van der Waals surface area contributed by atoms with Gasteiger partial charge in [0.25, 0.3) is 0 Å². The number of aromatic nitrogens is 2. The maximum absolute atomic E-state index is 6.06. The summed E-state index contributed by atoms with van der Waals surface area (Å²) in [5.41, 5.74) is 7.06. The highest BCUT2D eigenvalue weighted by Crippen LogP contribution is 2.39. The summed E-state index contributed by atoms with van der Waals surface area (Å²) >= 11 is 0. The number of hydrogen-bond donors (Lipinski definition) is 2. The number of anilines is 2. The van der Waals surface area contributed by atoms with Crippen molar-refractivity contribution in [3.8, 4) is 0 Å². The molecular weight excluding hydrogens is 248 g/mol. The Labute approximate surface area is 121 Å². The fourth-order valence-corrected chi connectivity index (χ4v) is 3.27. The van der Waals surface area contributed by atoms with Crippen molar-refractivity contribution in [2.45, 2.75) is 64.8 Å². The number of nitrogen functional groups attached to an aromatic ring is 1. The van der Waals surface area contributed by atoms with Crippen molar-refractivity contribution >= 4 is 11.6 Å². The number of nitrogens with zero attached hydrogens (tertiary/aromatic N) is 2. The van der Waals surface area contributed by atoms with E-state index in [0.717, 1.165) is 23.1 Å². The van der Waals surface area contributed by atoms with Gasteiger partial charge in [0.1, 0.15) is 17.5 Å². The molecule has 0 saturated heterocycles. The van der Waals surface area contributed by atoms with E-state index in [0.29, 0.717) is 23.7 Å². The lowest BCUT2D eigenvalue weighted by molar-refractivity contribution is 0.276. The quantitative estimate of drug-likeness (QED) is 0.885. The van der Waals surface area contributed by atoms with Crippen LogP contribution < -0.4 is 11.1 Å². The zero-order chi connectivity index (χ0) is 14.3. The molecule has 3 unspecified atom stereocenters. The van der Waals surface area contributed by atoms with Crippen LogP contribution in [-0.4, -0.2) is 16.0 Å². The molecule has 3 atom stereocenters. The average Bonchev–Trinajstić information content (AvgIpc) is 3.22. The summed E-state index contributed by atoms with van der Waals surface area (Å²) in [7, 11) is 0. The Balaban J connectivity index is 1.79. The monoisotopic (exact) mass is 274 g/mol.